The minimum Gasteiger partial charge on any atom is -0.507 e. The first-order valence-electron chi connectivity index (χ1n) is 10.5. The highest BCUT2D eigenvalue weighted by Gasteiger charge is 2.48. The van der Waals surface area contributed by atoms with Crippen molar-refractivity contribution < 1.29 is 24.2 Å². The van der Waals surface area contributed by atoms with Gasteiger partial charge in [-0.2, -0.15) is 0 Å². The molecule has 5 rings (SSSR count). The molecule has 0 aliphatic carbocycles. The molecule has 1 fully saturated rings. The number of amides is 1. The highest BCUT2D eigenvalue weighted by atomic mass is 32.1. The van der Waals surface area contributed by atoms with Gasteiger partial charge in [0.15, 0.2) is 5.13 Å². The van der Waals surface area contributed by atoms with Gasteiger partial charge in [0.05, 0.1) is 36.1 Å². The van der Waals surface area contributed by atoms with Gasteiger partial charge in [-0.3, -0.25) is 14.5 Å². The second kappa shape index (κ2) is 8.64. The molecule has 170 valence electrons. The van der Waals surface area contributed by atoms with Gasteiger partial charge >= 0.3 is 5.91 Å². The Morgan fingerprint density at radius 1 is 0.941 bits per heavy atom. The fourth-order valence-corrected chi connectivity index (χ4v) is 5.03. The summed E-state index contributed by atoms with van der Waals surface area (Å²) in [6.45, 7) is 0. The average Bonchev–Trinajstić information content (AvgIpc) is 3.41. The van der Waals surface area contributed by atoms with Crippen molar-refractivity contribution >= 4 is 44.1 Å². The Kier molecular flexibility index (Phi) is 5.51. The molecule has 7 nitrogen and oxygen atoms in total. The van der Waals surface area contributed by atoms with Crippen LogP contribution >= 0.6 is 11.3 Å². The maximum atomic E-state index is 13.3. The van der Waals surface area contributed by atoms with E-state index in [1.807, 2.05) is 12.1 Å². The van der Waals surface area contributed by atoms with E-state index in [1.54, 1.807) is 74.9 Å². The van der Waals surface area contributed by atoms with E-state index >= 15 is 0 Å². The normalized spacial score (nSPS) is 17.4. The first-order valence-corrected chi connectivity index (χ1v) is 11.3. The number of ketones is 1. The van der Waals surface area contributed by atoms with Gasteiger partial charge in [0, 0.05) is 5.56 Å². The number of methoxy groups -OCH3 is 2. The molecular weight excluding hydrogens is 452 g/mol. The SMILES string of the molecule is COc1ccc(C2C(=C(O)c3ccccc3)C(=O)C(=O)N2c2nc3ccc(OC)cc3s2)cc1. The lowest BCUT2D eigenvalue weighted by Crippen LogP contribution is -2.29. The molecule has 1 unspecified atom stereocenters. The monoisotopic (exact) mass is 472 g/mol. The number of Topliss-reactive ketones (excluding diaryl/α,β-unsaturated/α-hetero) is 1. The molecule has 1 atom stereocenters. The fraction of sp³-hybridized carbons (Fsp3) is 0.115. The number of hydrogen-bond donors (Lipinski definition) is 1. The zero-order valence-electron chi connectivity index (χ0n) is 18.4. The molecular formula is C26H20N2O5S. The third kappa shape index (κ3) is 3.58. The highest BCUT2D eigenvalue weighted by Crippen LogP contribution is 2.44. The zero-order chi connectivity index (χ0) is 23.8. The zero-order valence-corrected chi connectivity index (χ0v) is 19.2. The number of fused-ring (bicyclic) bond motifs is 1. The Bertz CT molecular complexity index is 1430. The minimum absolute atomic E-state index is 0.0122. The summed E-state index contributed by atoms with van der Waals surface area (Å²) in [4.78, 5) is 32.5. The number of nitrogens with zero attached hydrogens (tertiary/aromatic N) is 2. The van der Waals surface area contributed by atoms with Gasteiger partial charge in [-0.1, -0.05) is 53.8 Å². The van der Waals surface area contributed by atoms with Crippen molar-refractivity contribution in [3.05, 3.63) is 89.5 Å². The van der Waals surface area contributed by atoms with Gasteiger partial charge < -0.3 is 14.6 Å². The number of hydrogen-bond acceptors (Lipinski definition) is 7. The van der Waals surface area contributed by atoms with Crippen molar-refractivity contribution in [1.29, 1.82) is 0 Å². The molecule has 3 aromatic carbocycles. The molecule has 8 heteroatoms. The van der Waals surface area contributed by atoms with Gasteiger partial charge in [-0.25, -0.2) is 4.98 Å². The van der Waals surface area contributed by atoms with Crippen LogP contribution in [0.1, 0.15) is 17.2 Å². The van der Waals surface area contributed by atoms with Crippen molar-refractivity contribution in [3.8, 4) is 11.5 Å². The van der Waals surface area contributed by atoms with Gasteiger partial charge in [-0.05, 0) is 35.9 Å². The van der Waals surface area contributed by atoms with Crippen molar-refractivity contribution in [2.75, 3.05) is 19.1 Å². The largest absolute Gasteiger partial charge is 0.507 e. The first-order chi connectivity index (χ1) is 16.5. The van der Waals surface area contributed by atoms with E-state index < -0.39 is 17.7 Å². The van der Waals surface area contributed by atoms with Gasteiger partial charge in [0.25, 0.3) is 5.78 Å². The number of carbonyl (C=O) groups excluding carboxylic acids is 2. The van der Waals surface area contributed by atoms with Crippen LogP contribution in [0.25, 0.3) is 16.0 Å². The van der Waals surface area contributed by atoms with E-state index in [-0.39, 0.29) is 11.3 Å². The average molecular weight is 473 g/mol. The first kappa shape index (κ1) is 21.7. The van der Waals surface area contributed by atoms with Crippen molar-refractivity contribution in [2.45, 2.75) is 6.04 Å². The van der Waals surface area contributed by atoms with Gasteiger partial charge in [-0.15, -0.1) is 0 Å². The Balaban J connectivity index is 1.71. The number of benzene rings is 3. The summed E-state index contributed by atoms with van der Waals surface area (Å²) in [5, 5.41) is 11.5. The molecule has 0 bridgehead atoms. The number of thiazole rings is 1. The quantitative estimate of drug-likeness (QED) is 0.251. The predicted octanol–water partition coefficient (Wildman–Crippen LogP) is 4.94. The smallest absolute Gasteiger partial charge is 0.301 e. The van der Waals surface area contributed by atoms with Crippen LogP contribution in [0.2, 0.25) is 0 Å². The molecule has 34 heavy (non-hydrogen) atoms. The van der Waals surface area contributed by atoms with Crippen molar-refractivity contribution in [2.24, 2.45) is 0 Å². The van der Waals surface area contributed by atoms with Crippen LogP contribution in [0.5, 0.6) is 11.5 Å². The van der Waals surface area contributed by atoms with E-state index in [2.05, 4.69) is 4.98 Å². The van der Waals surface area contributed by atoms with E-state index in [0.717, 1.165) is 4.70 Å². The second-order valence-corrected chi connectivity index (χ2v) is 8.65. The maximum Gasteiger partial charge on any atom is 0.301 e. The summed E-state index contributed by atoms with van der Waals surface area (Å²) >= 11 is 1.28. The topological polar surface area (TPSA) is 89.0 Å². The molecule has 1 saturated heterocycles. The summed E-state index contributed by atoms with van der Waals surface area (Å²) in [5.74, 6) is -0.440. The molecule has 0 saturated carbocycles. The fourth-order valence-electron chi connectivity index (χ4n) is 4.01. The maximum absolute atomic E-state index is 13.3. The number of aliphatic hydroxyl groups is 1. The lowest BCUT2D eigenvalue weighted by molar-refractivity contribution is -0.132. The van der Waals surface area contributed by atoms with Crippen molar-refractivity contribution in [3.63, 3.8) is 0 Å². The molecule has 2 heterocycles. The summed E-state index contributed by atoms with van der Waals surface area (Å²) in [7, 11) is 3.14. The number of ether oxygens (including phenoxy) is 2. The lowest BCUT2D eigenvalue weighted by Gasteiger charge is -2.23. The molecule has 1 N–H and O–H groups in total. The van der Waals surface area contributed by atoms with Crippen LogP contribution in [0, 0.1) is 0 Å². The molecule has 0 radical (unpaired) electrons. The predicted molar refractivity (Wildman–Crippen MR) is 130 cm³/mol. The van der Waals surface area contributed by atoms with Gasteiger partial charge in [0.2, 0.25) is 0 Å². The molecule has 1 amide bonds. The number of aliphatic hydroxyl groups excluding tert-OH is 1. The Morgan fingerprint density at radius 3 is 2.29 bits per heavy atom. The number of carbonyl (C=O) groups is 2. The highest BCUT2D eigenvalue weighted by molar-refractivity contribution is 7.22. The van der Waals surface area contributed by atoms with E-state index in [0.29, 0.717) is 33.3 Å². The number of anilines is 1. The Morgan fingerprint density at radius 2 is 1.62 bits per heavy atom. The second-order valence-electron chi connectivity index (χ2n) is 7.64. The summed E-state index contributed by atoms with van der Waals surface area (Å²) in [5.41, 5.74) is 1.79. The molecule has 4 aromatic rings. The number of rotatable bonds is 5. The van der Waals surface area contributed by atoms with Crippen LogP contribution in [-0.2, 0) is 9.59 Å². The van der Waals surface area contributed by atoms with Crippen LogP contribution in [-0.4, -0.2) is 36.0 Å². The molecule has 0 spiro atoms. The van der Waals surface area contributed by atoms with Gasteiger partial charge in [0.1, 0.15) is 17.3 Å². The Hall–Kier alpha value is -4.17. The van der Waals surface area contributed by atoms with E-state index in [1.165, 1.54) is 16.2 Å². The molecule has 1 aliphatic rings. The van der Waals surface area contributed by atoms with Crippen molar-refractivity contribution in [1.82, 2.24) is 4.98 Å². The Labute approximate surface area is 199 Å². The van der Waals surface area contributed by atoms with Crippen LogP contribution in [0.4, 0.5) is 5.13 Å². The molecule has 1 aliphatic heterocycles. The standard InChI is InChI=1S/C26H20N2O5S/c1-32-17-10-8-15(9-11-17)22-21(23(29)16-6-4-3-5-7-16)24(30)25(31)28(22)26-27-19-13-12-18(33-2)14-20(19)34-26/h3-14,22,29H,1-2H3. The van der Waals surface area contributed by atoms with Crippen LogP contribution in [0.15, 0.2) is 78.4 Å². The van der Waals surface area contributed by atoms with E-state index in [4.69, 9.17) is 9.47 Å². The minimum atomic E-state index is -0.853. The summed E-state index contributed by atoms with van der Waals surface area (Å²) < 4.78 is 11.4. The third-order valence-corrected chi connectivity index (χ3v) is 6.73. The third-order valence-electron chi connectivity index (χ3n) is 5.71. The summed E-state index contributed by atoms with van der Waals surface area (Å²) in [6, 6.07) is 20.3. The van der Waals surface area contributed by atoms with E-state index in [9.17, 15) is 14.7 Å². The number of aromatic nitrogens is 1. The lowest BCUT2D eigenvalue weighted by atomic mass is 9.95. The van der Waals surface area contributed by atoms with Crippen LogP contribution in [0.3, 0.4) is 0 Å². The molecule has 1 aromatic heterocycles. The van der Waals surface area contributed by atoms with Crippen LogP contribution < -0.4 is 14.4 Å². The summed E-state index contributed by atoms with van der Waals surface area (Å²) in [6.07, 6.45) is 0.